The molecule has 0 aliphatic rings. The van der Waals surface area contributed by atoms with E-state index in [1.54, 1.807) is 24.3 Å². The topological polar surface area (TPSA) is 48.0 Å². The quantitative estimate of drug-likeness (QED) is 0.688. The minimum absolute atomic E-state index is 0.0656. The molecule has 0 bridgehead atoms. The molecule has 1 aromatic carbocycles. The van der Waals surface area contributed by atoms with Crippen LogP contribution in [0.3, 0.4) is 0 Å². The van der Waals surface area contributed by atoms with Crippen LogP contribution < -0.4 is 5.43 Å². The molecule has 0 aliphatic heterocycles. The van der Waals surface area contributed by atoms with Crippen LogP contribution in [-0.2, 0) is 6.18 Å². The van der Waals surface area contributed by atoms with Gasteiger partial charge >= 0.3 is 6.18 Å². The van der Waals surface area contributed by atoms with E-state index in [1.807, 2.05) is 0 Å². The monoisotopic (exact) mass is 280 g/mol. The molecule has 2 aromatic heterocycles. The fourth-order valence-corrected chi connectivity index (χ4v) is 1.80. The maximum atomic E-state index is 12.5. The third-order valence-corrected chi connectivity index (χ3v) is 2.73. The SMILES string of the molecule is O=c1cc(-n2ccc(C(F)(F)F)n2)oc2ccccc12. The van der Waals surface area contributed by atoms with Crippen LogP contribution in [0.5, 0.6) is 0 Å². The lowest BCUT2D eigenvalue weighted by Gasteiger charge is -2.03. The zero-order chi connectivity index (χ0) is 14.3. The van der Waals surface area contributed by atoms with Crippen LogP contribution in [0.25, 0.3) is 16.9 Å². The molecule has 0 amide bonds. The number of hydrogen-bond donors (Lipinski definition) is 0. The van der Waals surface area contributed by atoms with Gasteiger partial charge in [-0.05, 0) is 18.2 Å². The second kappa shape index (κ2) is 4.22. The second-order valence-electron chi connectivity index (χ2n) is 4.09. The highest BCUT2D eigenvalue weighted by Crippen LogP contribution is 2.28. The summed E-state index contributed by atoms with van der Waals surface area (Å²) in [6.07, 6.45) is -3.45. The number of aromatic nitrogens is 2. The molecule has 2 heterocycles. The number of nitrogens with zero attached hydrogens (tertiary/aromatic N) is 2. The van der Waals surface area contributed by atoms with Crippen LogP contribution in [0.1, 0.15) is 5.69 Å². The van der Waals surface area contributed by atoms with Crippen LogP contribution in [-0.4, -0.2) is 9.78 Å². The van der Waals surface area contributed by atoms with Crippen LogP contribution in [0.15, 0.2) is 51.8 Å². The lowest BCUT2D eigenvalue weighted by molar-refractivity contribution is -0.141. The third kappa shape index (κ3) is 2.07. The first-order valence-corrected chi connectivity index (χ1v) is 5.61. The number of halogens is 3. The van der Waals surface area contributed by atoms with Crippen LogP contribution in [0.2, 0.25) is 0 Å². The Kier molecular flexibility index (Phi) is 2.63. The predicted molar refractivity (Wildman–Crippen MR) is 64.6 cm³/mol. The molecule has 0 unspecified atom stereocenters. The van der Waals surface area contributed by atoms with Crippen molar-refractivity contribution in [3.8, 4) is 5.88 Å². The van der Waals surface area contributed by atoms with Crippen LogP contribution in [0.4, 0.5) is 13.2 Å². The Balaban J connectivity index is 2.15. The normalized spacial score (nSPS) is 11.9. The maximum Gasteiger partial charge on any atom is 0.435 e. The molecule has 0 N–H and O–H groups in total. The van der Waals surface area contributed by atoms with Crippen molar-refractivity contribution in [1.82, 2.24) is 9.78 Å². The van der Waals surface area contributed by atoms with Gasteiger partial charge in [-0.25, -0.2) is 4.68 Å². The van der Waals surface area contributed by atoms with E-state index < -0.39 is 11.9 Å². The van der Waals surface area contributed by atoms with Crippen molar-refractivity contribution in [1.29, 1.82) is 0 Å². The summed E-state index contributed by atoms with van der Waals surface area (Å²) in [5.41, 5.74) is -1.10. The van der Waals surface area contributed by atoms with E-state index >= 15 is 0 Å². The predicted octanol–water partition coefficient (Wildman–Crippen LogP) is 3.00. The van der Waals surface area contributed by atoms with Crippen LogP contribution in [0, 0.1) is 0 Å². The third-order valence-electron chi connectivity index (χ3n) is 2.73. The number of para-hydroxylation sites is 1. The Morgan fingerprint density at radius 2 is 1.90 bits per heavy atom. The first kappa shape index (κ1) is 12.5. The van der Waals surface area contributed by atoms with E-state index in [0.717, 1.165) is 23.0 Å². The average Bonchev–Trinajstić information content (AvgIpc) is 2.88. The molecule has 7 heteroatoms. The van der Waals surface area contributed by atoms with Crippen molar-refractivity contribution in [3.63, 3.8) is 0 Å². The Hall–Kier alpha value is -2.57. The van der Waals surface area contributed by atoms with Crippen molar-refractivity contribution in [2.75, 3.05) is 0 Å². The summed E-state index contributed by atoms with van der Waals surface area (Å²) in [5.74, 6) is -0.0656. The molecule has 102 valence electrons. The number of hydrogen-bond acceptors (Lipinski definition) is 3. The van der Waals surface area contributed by atoms with Gasteiger partial charge in [0.05, 0.1) is 5.39 Å². The first-order chi connectivity index (χ1) is 9.45. The highest BCUT2D eigenvalue weighted by Gasteiger charge is 2.33. The highest BCUT2D eigenvalue weighted by atomic mass is 19.4. The molecule has 20 heavy (non-hydrogen) atoms. The smallest absolute Gasteiger partial charge is 0.435 e. The largest absolute Gasteiger partial charge is 0.438 e. The molecule has 3 rings (SSSR count). The van der Waals surface area contributed by atoms with Gasteiger partial charge in [0, 0.05) is 12.3 Å². The summed E-state index contributed by atoms with van der Waals surface area (Å²) in [4.78, 5) is 11.9. The van der Waals surface area contributed by atoms with Gasteiger partial charge in [-0.1, -0.05) is 12.1 Å². The molecule has 3 aromatic rings. The molecule has 0 saturated heterocycles. The van der Waals surface area contributed by atoms with Gasteiger partial charge in [-0.3, -0.25) is 4.79 Å². The highest BCUT2D eigenvalue weighted by molar-refractivity contribution is 5.76. The molecule has 4 nitrogen and oxygen atoms in total. The lowest BCUT2D eigenvalue weighted by atomic mass is 10.2. The molecule has 0 saturated carbocycles. The van der Waals surface area contributed by atoms with E-state index in [2.05, 4.69) is 5.10 Å². The van der Waals surface area contributed by atoms with Crippen molar-refractivity contribution in [2.24, 2.45) is 0 Å². The Labute approximate surface area is 110 Å². The molecule has 0 fully saturated rings. The fourth-order valence-electron chi connectivity index (χ4n) is 1.80. The van der Waals surface area contributed by atoms with Crippen molar-refractivity contribution >= 4 is 11.0 Å². The van der Waals surface area contributed by atoms with Gasteiger partial charge in [-0.15, -0.1) is 0 Å². The maximum absolute atomic E-state index is 12.5. The minimum atomic E-state index is -4.54. The molecule has 0 aliphatic carbocycles. The van der Waals surface area contributed by atoms with Gasteiger partial charge in [0.25, 0.3) is 0 Å². The van der Waals surface area contributed by atoms with Gasteiger partial charge in [0.15, 0.2) is 11.1 Å². The van der Waals surface area contributed by atoms with E-state index in [0.29, 0.717) is 11.0 Å². The lowest BCUT2D eigenvalue weighted by Crippen LogP contribution is -2.08. The molecular weight excluding hydrogens is 273 g/mol. The molecule has 0 radical (unpaired) electrons. The number of rotatable bonds is 1. The van der Waals surface area contributed by atoms with E-state index in [-0.39, 0.29) is 11.3 Å². The zero-order valence-corrected chi connectivity index (χ0v) is 9.89. The van der Waals surface area contributed by atoms with Crippen molar-refractivity contribution in [2.45, 2.75) is 6.18 Å². The summed E-state index contributed by atoms with van der Waals surface area (Å²) in [6, 6.07) is 8.40. The fraction of sp³-hybridized carbons (Fsp3) is 0.0769. The Bertz CT molecular complexity index is 833. The Morgan fingerprint density at radius 3 is 2.60 bits per heavy atom. The minimum Gasteiger partial charge on any atom is -0.438 e. The Morgan fingerprint density at radius 1 is 1.15 bits per heavy atom. The van der Waals surface area contributed by atoms with Crippen LogP contribution >= 0.6 is 0 Å². The summed E-state index contributed by atoms with van der Waals surface area (Å²) >= 11 is 0. The summed E-state index contributed by atoms with van der Waals surface area (Å²) in [6.45, 7) is 0. The molecule has 0 atom stereocenters. The molecule has 0 spiro atoms. The summed E-state index contributed by atoms with van der Waals surface area (Å²) < 4.78 is 43.7. The van der Waals surface area contributed by atoms with Gasteiger partial charge in [0.2, 0.25) is 5.88 Å². The second-order valence-corrected chi connectivity index (χ2v) is 4.09. The number of benzene rings is 1. The zero-order valence-electron chi connectivity index (χ0n) is 9.89. The standard InChI is InChI=1S/C13H7F3N2O2/c14-13(15,16)11-5-6-18(17-11)12-7-9(19)8-3-1-2-4-10(8)20-12/h1-7H. The van der Waals surface area contributed by atoms with E-state index in [9.17, 15) is 18.0 Å². The number of alkyl halides is 3. The number of fused-ring (bicyclic) bond motifs is 1. The first-order valence-electron chi connectivity index (χ1n) is 5.61. The van der Waals surface area contributed by atoms with Gasteiger partial charge in [-0.2, -0.15) is 18.3 Å². The average molecular weight is 280 g/mol. The van der Waals surface area contributed by atoms with Crippen molar-refractivity contribution in [3.05, 3.63) is 58.5 Å². The van der Waals surface area contributed by atoms with E-state index in [1.165, 1.54) is 0 Å². The summed E-state index contributed by atoms with van der Waals surface area (Å²) in [5, 5.41) is 3.72. The summed E-state index contributed by atoms with van der Waals surface area (Å²) in [7, 11) is 0. The van der Waals surface area contributed by atoms with Gasteiger partial charge in [0.1, 0.15) is 5.58 Å². The van der Waals surface area contributed by atoms with E-state index in [4.69, 9.17) is 4.42 Å². The molecular formula is C13H7F3N2O2. The van der Waals surface area contributed by atoms with Crippen molar-refractivity contribution < 1.29 is 17.6 Å². The van der Waals surface area contributed by atoms with Gasteiger partial charge < -0.3 is 4.42 Å².